The van der Waals surface area contributed by atoms with Gasteiger partial charge in [0, 0.05) is 0 Å². The molecule has 0 bridgehead atoms. The molecule has 3 N–H and O–H groups in total. The van der Waals surface area contributed by atoms with E-state index >= 15 is 0 Å². The molecule has 0 radical (unpaired) electrons. The molecular weight excluding hydrogens is 248 g/mol. The van der Waals surface area contributed by atoms with E-state index in [1.165, 1.54) is 16.9 Å². The van der Waals surface area contributed by atoms with Gasteiger partial charge in [-0.15, -0.1) is 10.2 Å². The predicted molar refractivity (Wildman–Crippen MR) is 72.6 cm³/mol. The maximum Gasteiger partial charge on any atom is 0.219 e. The molecule has 0 spiro atoms. The maximum atomic E-state index is 5.62. The minimum atomic E-state index is 0.403. The van der Waals surface area contributed by atoms with Crippen LogP contribution in [-0.2, 0) is 6.61 Å². The second-order valence-electron chi connectivity index (χ2n) is 4.16. The van der Waals surface area contributed by atoms with Crippen LogP contribution in [0.2, 0.25) is 0 Å². The summed E-state index contributed by atoms with van der Waals surface area (Å²) in [5.41, 5.74) is 3.75. The van der Waals surface area contributed by atoms with E-state index in [0.717, 1.165) is 10.8 Å². The third-order valence-corrected chi connectivity index (χ3v) is 3.33. The summed E-state index contributed by atoms with van der Waals surface area (Å²) in [6.07, 6.45) is 0. The number of nitrogen functional groups attached to an aromatic ring is 1. The number of ether oxygens (including phenoxy) is 1. The first-order valence-corrected chi connectivity index (χ1v) is 6.52. The van der Waals surface area contributed by atoms with Crippen LogP contribution in [-0.4, -0.2) is 10.2 Å². The topological polar surface area (TPSA) is 73.1 Å². The van der Waals surface area contributed by atoms with Crippen LogP contribution in [0.15, 0.2) is 24.3 Å². The highest BCUT2D eigenvalue weighted by Gasteiger charge is 2.04. The van der Waals surface area contributed by atoms with Crippen molar-refractivity contribution < 1.29 is 4.74 Å². The van der Waals surface area contributed by atoms with E-state index in [1.54, 1.807) is 0 Å². The normalized spacial score (nSPS) is 10.7. The smallest absolute Gasteiger partial charge is 0.219 e. The van der Waals surface area contributed by atoms with Gasteiger partial charge in [0.15, 0.2) is 5.01 Å². The lowest BCUT2D eigenvalue weighted by Crippen LogP contribution is -2.05. The number of hydrogen-bond acceptors (Lipinski definition) is 6. The Morgan fingerprint density at radius 1 is 1.28 bits per heavy atom. The number of rotatable bonds is 5. The van der Waals surface area contributed by atoms with E-state index in [2.05, 4.69) is 41.6 Å². The summed E-state index contributed by atoms with van der Waals surface area (Å²) in [7, 11) is 0. The number of nitrogens with two attached hydrogens (primary N) is 1. The van der Waals surface area contributed by atoms with Crippen molar-refractivity contribution in [3.63, 3.8) is 0 Å². The number of hydrazine groups is 1. The molecule has 0 unspecified atom stereocenters. The summed E-state index contributed by atoms with van der Waals surface area (Å²) in [5, 5.41) is 9.16. The molecule has 0 atom stereocenters. The fourth-order valence-corrected chi connectivity index (χ4v) is 2.03. The van der Waals surface area contributed by atoms with Crippen LogP contribution in [0.25, 0.3) is 0 Å². The van der Waals surface area contributed by atoms with Crippen LogP contribution in [0.4, 0.5) is 5.13 Å². The van der Waals surface area contributed by atoms with Crippen molar-refractivity contribution in [2.45, 2.75) is 26.4 Å². The molecule has 1 aromatic heterocycles. The molecule has 96 valence electrons. The molecule has 1 aromatic carbocycles. The zero-order chi connectivity index (χ0) is 13.0. The summed E-state index contributed by atoms with van der Waals surface area (Å²) < 4.78 is 5.62. The molecule has 5 nitrogen and oxygen atoms in total. The van der Waals surface area contributed by atoms with Crippen molar-refractivity contribution >= 4 is 16.5 Å². The highest BCUT2D eigenvalue weighted by atomic mass is 32.1. The van der Waals surface area contributed by atoms with Gasteiger partial charge in [-0.25, -0.2) is 5.84 Å². The van der Waals surface area contributed by atoms with Crippen molar-refractivity contribution in [1.29, 1.82) is 0 Å². The van der Waals surface area contributed by atoms with E-state index in [1.807, 2.05) is 12.1 Å². The van der Waals surface area contributed by atoms with Gasteiger partial charge >= 0.3 is 0 Å². The van der Waals surface area contributed by atoms with Gasteiger partial charge in [0.25, 0.3) is 0 Å². The summed E-state index contributed by atoms with van der Waals surface area (Å²) in [4.78, 5) is 0. The quantitative estimate of drug-likeness (QED) is 0.641. The third kappa shape index (κ3) is 3.18. The lowest BCUT2D eigenvalue weighted by molar-refractivity contribution is 0.304. The monoisotopic (exact) mass is 264 g/mol. The lowest BCUT2D eigenvalue weighted by atomic mass is 10.0. The lowest BCUT2D eigenvalue weighted by Gasteiger charge is -2.07. The van der Waals surface area contributed by atoms with E-state index in [-0.39, 0.29) is 0 Å². The van der Waals surface area contributed by atoms with Crippen LogP contribution < -0.4 is 16.0 Å². The van der Waals surface area contributed by atoms with Crippen molar-refractivity contribution in [2.75, 3.05) is 5.43 Å². The van der Waals surface area contributed by atoms with Crippen LogP contribution >= 0.6 is 11.3 Å². The summed E-state index contributed by atoms with van der Waals surface area (Å²) in [6, 6.07) is 8.09. The Kier molecular flexibility index (Phi) is 4.11. The fourth-order valence-electron chi connectivity index (χ4n) is 1.46. The van der Waals surface area contributed by atoms with Gasteiger partial charge in [-0.3, -0.25) is 5.43 Å². The van der Waals surface area contributed by atoms with Crippen molar-refractivity contribution in [3.8, 4) is 5.75 Å². The number of benzene rings is 1. The minimum Gasteiger partial charge on any atom is -0.486 e. The third-order valence-electron chi connectivity index (χ3n) is 2.50. The molecule has 1 heterocycles. The Bertz CT molecular complexity index is 495. The molecule has 18 heavy (non-hydrogen) atoms. The van der Waals surface area contributed by atoms with Gasteiger partial charge in [0.2, 0.25) is 5.13 Å². The Hall–Kier alpha value is -1.66. The molecule has 2 rings (SSSR count). The average molecular weight is 264 g/mol. The summed E-state index contributed by atoms with van der Waals surface area (Å²) in [6.45, 7) is 4.73. The Morgan fingerprint density at radius 3 is 2.56 bits per heavy atom. The summed E-state index contributed by atoms with van der Waals surface area (Å²) in [5.74, 6) is 6.59. The van der Waals surface area contributed by atoms with Gasteiger partial charge in [0.1, 0.15) is 12.4 Å². The molecule has 0 saturated heterocycles. The molecule has 6 heteroatoms. The zero-order valence-corrected chi connectivity index (χ0v) is 11.2. The molecule has 0 aliphatic rings. The van der Waals surface area contributed by atoms with E-state index in [9.17, 15) is 0 Å². The number of anilines is 1. The zero-order valence-electron chi connectivity index (χ0n) is 10.4. The van der Waals surface area contributed by atoms with Gasteiger partial charge < -0.3 is 4.74 Å². The van der Waals surface area contributed by atoms with Crippen LogP contribution in [0.1, 0.15) is 30.3 Å². The first-order chi connectivity index (χ1) is 8.69. The SMILES string of the molecule is CC(C)c1ccc(OCc2nnc(NN)s2)cc1. The van der Waals surface area contributed by atoms with Gasteiger partial charge in [0.05, 0.1) is 0 Å². The fraction of sp³-hybridized carbons (Fsp3) is 0.333. The Morgan fingerprint density at radius 2 is 2.00 bits per heavy atom. The first-order valence-electron chi connectivity index (χ1n) is 5.71. The Balaban J connectivity index is 1.93. The molecule has 2 aromatic rings. The molecule has 0 fully saturated rings. The first kappa shape index (κ1) is 12.8. The van der Waals surface area contributed by atoms with Crippen LogP contribution in [0, 0.1) is 0 Å². The second-order valence-corrected chi connectivity index (χ2v) is 5.22. The number of hydrogen-bond donors (Lipinski definition) is 2. The number of aromatic nitrogens is 2. The van der Waals surface area contributed by atoms with E-state index in [4.69, 9.17) is 10.6 Å². The van der Waals surface area contributed by atoms with Gasteiger partial charge in [-0.05, 0) is 23.6 Å². The number of nitrogens with one attached hydrogen (secondary N) is 1. The molecular formula is C12H16N4OS. The Labute approximate surface area is 110 Å². The van der Waals surface area contributed by atoms with Crippen molar-refractivity contribution in [3.05, 3.63) is 34.8 Å². The highest BCUT2D eigenvalue weighted by molar-refractivity contribution is 7.15. The maximum absolute atomic E-state index is 5.62. The van der Waals surface area contributed by atoms with Gasteiger partial charge in [-0.1, -0.05) is 37.3 Å². The molecule has 0 saturated carbocycles. The number of nitrogens with zero attached hydrogens (tertiary/aromatic N) is 2. The molecule has 0 amide bonds. The standard InChI is InChI=1S/C12H16N4OS/c1-8(2)9-3-5-10(6-4-9)17-7-11-15-16-12(14-13)18-11/h3-6,8H,7,13H2,1-2H3,(H,14,16). The molecule has 0 aliphatic carbocycles. The van der Waals surface area contributed by atoms with Gasteiger partial charge in [-0.2, -0.15) is 0 Å². The van der Waals surface area contributed by atoms with Crippen molar-refractivity contribution in [2.24, 2.45) is 5.84 Å². The van der Waals surface area contributed by atoms with Crippen LogP contribution in [0.5, 0.6) is 5.75 Å². The van der Waals surface area contributed by atoms with Crippen LogP contribution in [0.3, 0.4) is 0 Å². The van der Waals surface area contributed by atoms with E-state index in [0.29, 0.717) is 17.7 Å². The largest absolute Gasteiger partial charge is 0.486 e. The average Bonchev–Trinajstić information content (AvgIpc) is 2.85. The van der Waals surface area contributed by atoms with Crippen molar-refractivity contribution in [1.82, 2.24) is 10.2 Å². The second kappa shape index (κ2) is 5.79. The highest BCUT2D eigenvalue weighted by Crippen LogP contribution is 2.20. The minimum absolute atomic E-state index is 0.403. The predicted octanol–water partition coefficient (Wildman–Crippen LogP) is 2.53. The molecule has 0 aliphatic heterocycles. The van der Waals surface area contributed by atoms with E-state index < -0.39 is 0 Å². The summed E-state index contributed by atoms with van der Waals surface area (Å²) >= 11 is 1.38.